The van der Waals surface area contributed by atoms with E-state index in [1.165, 1.54) is 18.0 Å². The normalized spacial score (nSPS) is 21.4. The lowest BCUT2D eigenvalue weighted by atomic mass is 10.1. The Morgan fingerprint density at radius 2 is 2.43 bits per heavy atom. The summed E-state index contributed by atoms with van der Waals surface area (Å²) in [5.41, 5.74) is 5.64. The molecule has 0 aliphatic carbocycles. The van der Waals surface area contributed by atoms with Crippen molar-refractivity contribution in [3.05, 3.63) is 5.82 Å². The Morgan fingerprint density at radius 1 is 1.64 bits per heavy atom. The van der Waals surface area contributed by atoms with E-state index in [0.717, 1.165) is 24.0 Å². The van der Waals surface area contributed by atoms with Gasteiger partial charge in [-0.05, 0) is 6.42 Å². The van der Waals surface area contributed by atoms with Crippen LogP contribution >= 0.6 is 11.5 Å². The first kappa shape index (κ1) is 9.86. The Bertz CT molecular complexity index is 308. The van der Waals surface area contributed by atoms with Crippen molar-refractivity contribution in [2.45, 2.75) is 32.2 Å². The van der Waals surface area contributed by atoms with Crippen LogP contribution in [0.1, 0.15) is 32.0 Å². The highest BCUT2D eigenvalue weighted by Crippen LogP contribution is 2.28. The molecule has 78 valence electrons. The lowest BCUT2D eigenvalue weighted by molar-refractivity contribution is 0.455. The van der Waals surface area contributed by atoms with Gasteiger partial charge in [-0.15, -0.1) is 0 Å². The third-order valence-electron chi connectivity index (χ3n) is 2.61. The summed E-state index contributed by atoms with van der Waals surface area (Å²) in [5.74, 6) is 1.37. The Labute approximate surface area is 88.3 Å². The summed E-state index contributed by atoms with van der Waals surface area (Å²) in [7, 11) is 0. The number of rotatable bonds is 3. The molecular weight excluding hydrogens is 196 g/mol. The zero-order chi connectivity index (χ0) is 10.1. The highest BCUT2D eigenvalue weighted by atomic mass is 32.1. The van der Waals surface area contributed by atoms with Crippen LogP contribution in [0.15, 0.2) is 0 Å². The largest absolute Gasteiger partial charge is 0.342 e. The van der Waals surface area contributed by atoms with Crippen molar-refractivity contribution in [1.29, 1.82) is 0 Å². The fraction of sp³-hybridized carbons (Fsp3) is 0.778. The fourth-order valence-corrected chi connectivity index (χ4v) is 2.42. The van der Waals surface area contributed by atoms with Crippen LogP contribution in [0.3, 0.4) is 0 Å². The second kappa shape index (κ2) is 3.82. The van der Waals surface area contributed by atoms with Crippen LogP contribution in [0, 0.1) is 0 Å². The van der Waals surface area contributed by atoms with E-state index in [4.69, 9.17) is 5.73 Å². The molecule has 0 aromatic carbocycles. The van der Waals surface area contributed by atoms with Crippen molar-refractivity contribution in [2.75, 3.05) is 18.0 Å². The van der Waals surface area contributed by atoms with E-state index in [1.807, 2.05) is 0 Å². The van der Waals surface area contributed by atoms with Crippen molar-refractivity contribution < 1.29 is 0 Å². The number of nitrogens with two attached hydrogens (primary N) is 1. The molecule has 4 nitrogen and oxygen atoms in total. The van der Waals surface area contributed by atoms with Crippen LogP contribution in [0.25, 0.3) is 0 Å². The van der Waals surface area contributed by atoms with Gasteiger partial charge in [-0.1, -0.05) is 13.8 Å². The zero-order valence-corrected chi connectivity index (χ0v) is 9.42. The minimum absolute atomic E-state index is 0.414. The van der Waals surface area contributed by atoms with E-state index in [9.17, 15) is 0 Å². The van der Waals surface area contributed by atoms with Crippen LogP contribution < -0.4 is 10.6 Å². The summed E-state index contributed by atoms with van der Waals surface area (Å²) in [6.07, 6.45) is 1.19. The first-order valence-electron chi connectivity index (χ1n) is 5.02. The average Bonchev–Trinajstić information content (AvgIpc) is 2.52. The smallest absolute Gasteiger partial charge is 0.205 e. The third-order valence-corrected chi connectivity index (χ3v) is 3.38. The minimum atomic E-state index is 0.414. The Hall–Kier alpha value is -0.680. The maximum absolute atomic E-state index is 5.64. The molecule has 0 saturated carbocycles. The molecule has 1 atom stereocenters. The third kappa shape index (κ3) is 1.62. The molecule has 1 saturated heterocycles. The second-order valence-corrected chi connectivity index (χ2v) is 4.69. The van der Waals surface area contributed by atoms with Crippen LogP contribution in [0.5, 0.6) is 0 Å². The Kier molecular flexibility index (Phi) is 2.69. The van der Waals surface area contributed by atoms with Crippen molar-refractivity contribution in [1.82, 2.24) is 9.36 Å². The quantitative estimate of drug-likeness (QED) is 0.818. The molecule has 0 amide bonds. The van der Waals surface area contributed by atoms with Crippen molar-refractivity contribution in [3.8, 4) is 0 Å². The van der Waals surface area contributed by atoms with Gasteiger partial charge in [0.25, 0.3) is 0 Å². The fourth-order valence-electron chi connectivity index (χ4n) is 1.52. The molecule has 1 aromatic rings. The standard InChI is InChI=1S/C9H16N4S/c1-6(2)8-11-9(14-12-8)13-4-3-7(13)5-10/h6-7H,3-5,10H2,1-2H3. The van der Waals surface area contributed by atoms with Gasteiger partial charge in [-0.2, -0.15) is 4.37 Å². The molecule has 1 aliphatic rings. The molecule has 2 N–H and O–H groups in total. The summed E-state index contributed by atoms with van der Waals surface area (Å²) >= 11 is 1.49. The summed E-state index contributed by atoms with van der Waals surface area (Å²) in [4.78, 5) is 6.76. The Morgan fingerprint density at radius 3 is 2.86 bits per heavy atom. The maximum Gasteiger partial charge on any atom is 0.205 e. The molecule has 0 radical (unpaired) electrons. The summed E-state index contributed by atoms with van der Waals surface area (Å²) in [6.45, 7) is 6.02. The van der Waals surface area contributed by atoms with E-state index in [2.05, 4.69) is 28.1 Å². The van der Waals surface area contributed by atoms with Crippen LogP contribution in [-0.2, 0) is 0 Å². The predicted octanol–water partition coefficient (Wildman–Crippen LogP) is 1.20. The highest BCUT2D eigenvalue weighted by Gasteiger charge is 2.29. The van der Waals surface area contributed by atoms with E-state index < -0.39 is 0 Å². The van der Waals surface area contributed by atoms with Gasteiger partial charge in [0.05, 0.1) is 0 Å². The number of hydrogen-bond donors (Lipinski definition) is 1. The number of aromatic nitrogens is 2. The molecule has 1 aliphatic heterocycles. The van der Waals surface area contributed by atoms with Crippen molar-refractivity contribution in [3.63, 3.8) is 0 Å². The molecule has 5 heteroatoms. The maximum atomic E-state index is 5.64. The minimum Gasteiger partial charge on any atom is -0.342 e. The number of anilines is 1. The van der Waals surface area contributed by atoms with Gasteiger partial charge < -0.3 is 10.6 Å². The first-order chi connectivity index (χ1) is 6.72. The molecule has 0 bridgehead atoms. The van der Waals surface area contributed by atoms with E-state index >= 15 is 0 Å². The Balaban J connectivity index is 2.09. The molecular formula is C9H16N4S. The molecule has 2 rings (SSSR count). The topological polar surface area (TPSA) is 55.0 Å². The summed E-state index contributed by atoms with van der Waals surface area (Å²) in [6, 6.07) is 0.489. The average molecular weight is 212 g/mol. The molecule has 1 fully saturated rings. The second-order valence-electron chi connectivity index (χ2n) is 3.96. The van der Waals surface area contributed by atoms with Gasteiger partial charge in [0.15, 0.2) is 0 Å². The molecule has 1 aromatic heterocycles. The van der Waals surface area contributed by atoms with Gasteiger partial charge in [-0.3, -0.25) is 0 Å². The van der Waals surface area contributed by atoms with Crippen molar-refractivity contribution in [2.24, 2.45) is 5.73 Å². The summed E-state index contributed by atoms with van der Waals surface area (Å²) < 4.78 is 4.34. The van der Waals surface area contributed by atoms with Gasteiger partial charge >= 0.3 is 0 Å². The van der Waals surface area contributed by atoms with Crippen molar-refractivity contribution >= 4 is 16.7 Å². The van der Waals surface area contributed by atoms with Gasteiger partial charge in [0.2, 0.25) is 5.13 Å². The molecule has 14 heavy (non-hydrogen) atoms. The monoisotopic (exact) mass is 212 g/mol. The highest BCUT2D eigenvalue weighted by molar-refractivity contribution is 7.09. The van der Waals surface area contributed by atoms with E-state index in [0.29, 0.717) is 12.0 Å². The SMILES string of the molecule is CC(C)c1nsc(N2CCC2CN)n1. The van der Waals surface area contributed by atoms with E-state index in [-0.39, 0.29) is 0 Å². The predicted molar refractivity (Wildman–Crippen MR) is 58.8 cm³/mol. The van der Waals surface area contributed by atoms with E-state index in [1.54, 1.807) is 0 Å². The lowest BCUT2D eigenvalue weighted by Gasteiger charge is -2.39. The van der Waals surface area contributed by atoms with Gasteiger partial charge in [-0.25, -0.2) is 4.98 Å². The zero-order valence-electron chi connectivity index (χ0n) is 8.60. The lowest BCUT2D eigenvalue weighted by Crippen LogP contribution is -2.51. The summed E-state index contributed by atoms with van der Waals surface area (Å²) in [5, 5.41) is 1.04. The first-order valence-corrected chi connectivity index (χ1v) is 5.80. The molecule has 0 spiro atoms. The number of nitrogens with zero attached hydrogens (tertiary/aromatic N) is 3. The molecule has 1 unspecified atom stereocenters. The van der Waals surface area contributed by atoms with Gasteiger partial charge in [0.1, 0.15) is 5.82 Å². The number of hydrogen-bond acceptors (Lipinski definition) is 5. The van der Waals surface area contributed by atoms with Crippen LogP contribution in [0.4, 0.5) is 5.13 Å². The molecule has 2 heterocycles. The van der Waals surface area contributed by atoms with Crippen LogP contribution in [0.2, 0.25) is 0 Å². The van der Waals surface area contributed by atoms with Gasteiger partial charge in [0, 0.05) is 36.6 Å². The van der Waals surface area contributed by atoms with Crippen LogP contribution in [-0.4, -0.2) is 28.5 Å².